The maximum absolute atomic E-state index is 13.4. The minimum Gasteiger partial charge on any atom is -0.294 e. The molecule has 0 heterocycles. The van der Waals surface area contributed by atoms with Crippen LogP contribution in [0.5, 0.6) is 0 Å². The lowest BCUT2D eigenvalue weighted by Crippen LogP contribution is -2.19. The van der Waals surface area contributed by atoms with Gasteiger partial charge in [0.25, 0.3) is 0 Å². The minimum atomic E-state index is -0.466. The number of carbonyl (C=O) groups excluding carboxylic acids is 1. The molecule has 1 aliphatic carbocycles. The van der Waals surface area contributed by atoms with Gasteiger partial charge in [0.2, 0.25) is 6.54 Å². The number of hydrogen-bond donors (Lipinski definition) is 0. The van der Waals surface area contributed by atoms with Crippen LogP contribution < -0.4 is 0 Å². The van der Waals surface area contributed by atoms with E-state index in [9.17, 15) is 14.9 Å². The molecule has 0 amide bonds. The highest BCUT2D eigenvalue weighted by molar-refractivity contribution is 6.07. The molecule has 0 aliphatic heterocycles. The molecular weight excluding hydrogens is 398 g/mol. The fraction of sp³-hybridized carbons (Fsp3) is 0.179. The third-order valence-corrected chi connectivity index (χ3v) is 5.75. The molecule has 0 radical (unpaired) electrons. The van der Waals surface area contributed by atoms with Crippen LogP contribution in [-0.4, -0.2) is 17.3 Å². The van der Waals surface area contributed by atoms with Gasteiger partial charge in [-0.05, 0) is 41.7 Å². The SMILES string of the molecule is O=C(CC(C[N+](=O)[O-])c1ccccc1)C1=C(C#Cc2ccccc2)c2ccccc2CC1. The number of benzene rings is 3. The molecule has 0 saturated carbocycles. The van der Waals surface area contributed by atoms with Crippen LogP contribution in [0.1, 0.15) is 41.0 Å². The van der Waals surface area contributed by atoms with Gasteiger partial charge in [-0.3, -0.25) is 14.9 Å². The van der Waals surface area contributed by atoms with E-state index < -0.39 is 5.92 Å². The topological polar surface area (TPSA) is 60.2 Å². The number of nitro groups is 1. The van der Waals surface area contributed by atoms with Gasteiger partial charge in [-0.1, -0.05) is 84.6 Å². The maximum atomic E-state index is 13.4. The Bertz CT molecular complexity index is 1220. The summed E-state index contributed by atoms with van der Waals surface area (Å²) in [5, 5.41) is 11.3. The summed E-state index contributed by atoms with van der Waals surface area (Å²) in [6.07, 6.45) is 1.45. The highest BCUT2D eigenvalue weighted by Crippen LogP contribution is 2.33. The molecule has 4 nitrogen and oxygen atoms in total. The fourth-order valence-corrected chi connectivity index (χ4v) is 4.15. The zero-order valence-corrected chi connectivity index (χ0v) is 17.7. The first-order valence-corrected chi connectivity index (χ1v) is 10.7. The molecule has 0 saturated heterocycles. The highest BCUT2D eigenvalue weighted by Gasteiger charge is 2.27. The molecule has 32 heavy (non-hydrogen) atoms. The molecule has 4 rings (SSSR count). The van der Waals surface area contributed by atoms with E-state index in [0.717, 1.165) is 28.7 Å². The predicted molar refractivity (Wildman–Crippen MR) is 126 cm³/mol. The Morgan fingerprint density at radius 3 is 2.25 bits per heavy atom. The Balaban J connectivity index is 1.72. The van der Waals surface area contributed by atoms with Crippen molar-refractivity contribution in [2.75, 3.05) is 6.54 Å². The summed E-state index contributed by atoms with van der Waals surface area (Å²) in [6, 6.07) is 27.0. The van der Waals surface area contributed by atoms with Crippen molar-refractivity contribution in [2.24, 2.45) is 0 Å². The number of nitrogens with zero attached hydrogens (tertiary/aromatic N) is 1. The largest absolute Gasteiger partial charge is 0.294 e. The lowest BCUT2D eigenvalue weighted by Gasteiger charge is -2.21. The number of hydrogen-bond acceptors (Lipinski definition) is 3. The molecule has 0 aromatic heterocycles. The summed E-state index contributed by atoms with van der Waals surface area (Å²) in [7, 11) is 0. The standard InChI is InChI=1S/C28H23NO3/c30-28(19-24(20-29(31)32)22-11-5-2-6-12-22)27-18-16-23-13-7-8-14-25(23)26(27)17-15-21-9-3-1-4-10-21/h1-14,24H,16,18-20H2. The average molecular weight is 421 g/mol. The molecular formula is C28H23NO3. The van der Waals surface area contributed by atoms with Gasteiger partial charge in [-0.15, -0.1) is 0 Å². The van der Waals surface area contributed by atoms with Crippen molar-refractivity contribution >= 4 is 11.4 Å². The van der Waals surface area contributed by atoms with Crippen LogP contribution in [0.25, 0.3) is 5.57 Å². The molecule has 4 heteroatoms. The van der Waals surface area contributed by atoms with Crippen molar-refractivity contribution in [3.05, 3.63) is 123 Å². The average Bonchev–Trinajstić information content (AvgIpc) is 2.83. The van der Waals surface area contributed by atoms with E-state index in [1.54, 1.807) is 0 Å². The predicted octanol–water partition coefficient (Wildman–Crippen LogP) is 5.46. The molecule has 1 unspecified atom stereocenters. The summed E-state index contributed by atoms with van der Waals surface area (Å²) < 4.78 is 0. The lowest BCUT2D eigenvalue weighted by atomic mass is 9.81. The first-order chi connectivity index (χ1) is 15.6. The van der Waals surface area contributed by atoms with Gasteiger partial charge >= 0.3 is 0 Å². The maximum Gasteiger partial charge on any atom is 0.211 e. The van der Waals surface area contributed by atoms with Crippen molar-refractivity contribution in [1.82, 2.24) is 0 Å². The molecule has 158 valence electrons. The number of ketones is 1. The number of aryl methyl sites for hydroxylation is 1. The highest BCUT2D eigenvalue weighted by atomic mass is 16.6. The van der Waals surface area contributed by atoms with Crippen molar-refractivity contribution in [2.45, 2.75) is 25.2 Å². The van der Waals surface area contributed by atoms with E-state index in [4.69, 9.17) is 0 Å². The lowest BCUT2D eigenvalue weighted by molar-refractivity contribution is -0.483. The van der Waals surface area contributed by atoms with Crippen LogP contribution >= 0.6 is 0 Å². The van der Waals surface area contributed by atoms with Gasteiger partial charge in [-0.2, -0.15) is 0 Å². The smallest absolute Gasteiger partial charge is 0.211 e. The number of carbonyl (C=O) groups is 1. The van der Waals surface area contributed by atoms with Crippen molar-refractivity contribution in [1.29, 1.82) is 0 Å². The first-order valence-electron chi connectivity index (χ1n) is 10.7. The van der Waals surface area contributed by atoms with Crippen molar-refractivity contribution in [3.8, 4) is 11.8 Å². The quantitative estimate of drug-likeness (QED) is 0.302. The van der Waals surface area contributed by atoms with Crippen molar-refractivity contribution < 1.29 is 9.72 Å². The van der Waals surface area contributed by atoms with Crippen LogP contribution in [-0.2, 0) is 11.2 Å². The third kappa shape index (κ3) is 5.01. The van der Waals surface area contributed by atoms with Gasteiger partial charge in [-0.25, -0.2) is 0 Å². The van der Waals surface area contributed by atoms with Crippen LogP contribution in [0.3, 0.4) is 0 Å². The van der Waals surface area contributed by atoms with E-state index in [2.05, 4.69) is 17.9 Å². The molecule has 0 spiro atoms. The number of fused-ring (bicyclic) bond motifs is 1. The van der Waals surface area contributed by atoms with E-state index in [1.165, 1.54) is 5.56 Å². The van der Waals surface area contributed by atoms with Crippen LogP contribution in [0, 0.1) is 22.0 Å². The minimum absolute atomic E-state index is 0.0624. The number of Topliss-reactive ketones (excluding diaryl/α,β-unsaturated/α-hetero) is 1. The van der Waals surface area contributed by atoms with Crippen LogP contribution in [0.15, 0.2) is 90.5 Å². The third-order valence-electron chi connectivity index (χ3n) is 5.75. The molecule has 0 N–H and O–H groups in total. The van der Waals surface area contributed by atoms with Gasteiger partial charge < -0.3 is 0 Å². The van der Waals surface area contributed by atoms with E-state index >= 15 is 0 Å². The second kappa shape index (κ2) is 9.89. The van der Waals surface area contributed by atoms with Crippen LogP contribution in [0.2, 0.25) is 0 Å². The second-order valence-corrected chi connectivity index (χ2v) is 7.88. The zero-order valence-electron chi connectivity index (χ0n) is 17.7. The second-order valence-electron chi connectivity index (χ2n) is 7.88. The number of rotatable bonds is 6. The van der Waals surface area contributed by atoms with Gasteiger partial charge in [0.15, 0.2) is 5.78 Å². The first kappa shape index (κ1) is 21.3. The van der Waals surface area contributed by atoms with Crippen LogP contribution in [0.4, 0.5) is 0 Å². The Hall–Kier alpha value is -3.97. The summed E-state index contributed by atoms with van der Waals surface area (Å²) in [5.41, 5.74) is 5.27. The summed E-state index contributed by atoms with van der Waals surface area (Å²) in [4.78, 5) is 24.4. The van der Waals surface area contributed by atoms with E-state index in [1.807, 2.05) is 78.9 Å². The molecule has 1 atom stereocenters. The Labute approximate surface area is 187 Å². The molecule has 1 aliphatic rings. The van der Waals surface area contributed by atoms with Gasteiger partial charge in [0.1, 0.15) is 0 Å². The summed E-state index contributed by atoms with van der Waals surface area (Å²) in [6.45, 7) is -0.273. The number of allylic oxidation sites excluding steroid dienone is 2. The summed E-state index contributed by atoms with van der Waals surface area (Å²) >= 11 is 0. The van der Waals surface area contributed by atoms with Crippen molar-refractivity contribution in [3.63, 3.8) is 0 Å². The molecule has 0 fully saturated rings. The molecule has 3 aromatic rings. The van der Waals surface area contributed by atoms with E-state index in [-0.39, 0.29) is 23.7 Å². The van der Waals surface area contributed by atoms with E-state index in [0.29, 0.717) is 12.0 Å². The normalized spacial score (nSPS) is 13.5. The Morgan fingerprint density at radius 2 is 1.53 bits per heavy atom. The van der Waals surface area contributed by atoms with Gasteiger partial charge in [0.05, 0.1) is 5.92 Å². The summed E-state index contributed by atoms with van der Waals surface area (Å²) in [5.74, 6) is 5.91. The Morgan fingerprint density at radius 1 is 0.875 bits per heavy atom. The molecule has 0 bridgehead atoms. The zero-order chi connectivity index (χ0) is 22.3. The Kier molecular flexibility index (Phi) is 6.57. The molecule has 3 aromatic carbocycles. The van der Waals surface area contributed by atoms with Gasteiger partial charge in [0, 0.05) is 28.1 Å². The monoisotopic (exact) mass is 421 g/mol. The fourth-order valence-electron chi connectivity index (χ4n) is 4.15.